The molecule has 12 heteroatoms. The molecule has 0 unspecified atom stereocenters. The number of hydrogen-bond acceptors (Lipinski definition) is 7. The summed E-state index contributed by atoms with van der Waals surface area (Å²) >= 11 is 4.91. The van der Waals surface area contributed by atoms with Gasteiger partial charge in [-0.2, -0.15) is 0 Å². The van der Waals surface area contributed by atoms with E-state index in [9.17, 15) is 14.0 Å². The van der Waals surface area contributed by atoms with E-state index in [1.165, 1.54) is 24.8 Å². The van der Waals surface area contributed by atoms with Crippen LogP contribution >= 0.6 is 12.2 Å². The van der Waals surface area contributed by atoms with Gasteiger partial charge in [0.05, 0.1) is 37.8 Å². The topological polar surface area (TPSA) is 105 Å². The normalized spacial score (nSPS) is 13.6. The third-order valence-corrected chi connectivity index (χ3v) is 5.11. The van der Waals surface area contributed by atoms with E-state index in [0.717, 1.165) is 0 Å². The largest absolute Gasteiger partial charge is 0.474 e. The van der Waals surface area contributed by atoms with Crippen molar-refractivity contribution in [3.8, 4) is 5.69 Å². The van der Waals surface area contributed by atoms with Crippen LogP contribution in [0.4, 0.5) is 10.1 Å². The van der Waals surface area contributed by atoms with Crippen LogP contribution in [0.2, 0.25) is 0 Å². The van der Waals surface area contributed by atoms with Crippen molar-refractivity contribution in [2.75, 3.05) is 44.7 Å². The van der Waals surface area contributed by atoms with E-state index in [2.05, 4.69) is 20.9 Å². The molecule has 1 aromatic heterocycles. The molecule has 0 bridgehead atoms. The summed E-state index contributed by atoms with van der Waals surface area (Å²) in [5.74, 6) is -0.775. The average Bonchev–Trinajstić information content (AvgIpc) is 3.25. The average molecular weight is 450 g/mol. The van der Waals surface area contributed by atoms with Crippen molar-refractivity contribution in [1.29, 1.82) is 0 Å². The molecule has 166 valence electrons. The lowest BCUT2D eigenvalue weighted by Crippen LogP contribution is -2.51. The van der Waals surface area contributed by atoms with Crippen LogP contribution in [0.15, 0.2) is 24.4 Å². The van der Waals surface area contributed by atoms with Gasteiger partial charge in [0.1, 0.15) is 11.5 Å². The first-order valence-electron chi connectivity index (χ1n) is 9.67. The van der Waals surface area contributed by atoms with Crippen LogP contribution in [0.5, 0.6) is 0 Å². The summed E-state index contributed by atoms with van der Waals surface area (Å²) in [5, 5.41) is 13.7. The van der Waals surface area contributed by atoms with Gasteiger partial charge in [-0.15, -0.1) is 5.10 Å². The van der Waals surface area contributed by atoms with Gasteiger partial charge in [0.15, 0.2) is 0 Å². The summed E-state index contributed by atoms with van der Waals surface area (Å²) in [6.07, 6.45) is 1.68. The van der Waals surface area contributed by atoms with Crippen LogP contribution in [-0.4, -0.2) is 76.7 Å². The Hall–Kier alpha value is -3.28. The monoisotopic (exact) mass is 449 g/mol. The first kappa shape index (κ1) is 22.4. The molecular formula is C19H24FN7O3S. The number of anilines is 1. The molecule has 0 saturated carbocycles. The number of amides is 2. The van der Waals surface area contributed by atoms with E-state index >= 15 is 0 Å². The Morgan fingerprint density at radius 3 is 2.61 bits per heavy atom. The third kappa shape index (κ3) is 5.87. The molecule has 1 aliphatic rings. The van der Waals surface area contributed by atoms with Gasteiger partial charge < -0.3 is 25.2 Å². The number of nitrogens with one attached hydrogen (secondary N) is 2. The van der Waals surface area contributed by atoms with Crippen molar-refractivity contribution in [2.24, 2.45) is 0 Å². The van der Waals surface area contributed by atoms with E-state index in [1.54, 1.807) is 23.2 Å². The van der Waals surface area contributed by atoms with Crippen LogP contribution in [0.25, 0.3) is 5.69 Å². The highest BCUT2D eigenvalue weighted by molar-refractivity contribution is 7.80. The molecule has 1 aliphatic heterocycles. The molecule has 1 aromatic carbocycles. The lowest BCUT2D eigenvalue weighted by atomic mass is 10.2. The Bertz CT molecular complexity index is 960. The molecule has 2 heterocycles. The molecule has 10 nitrogen and oxygen atoms in total. The quantitative estimate of drug-likeness (QED) is 0.604. The fourth-order valence-corrected chi connectivity index (χ4v) is 3.22. The van der Waals surface area contributed by atoms with E-state index in [4.69, 9.17) is 17.0 Å². The summed E-state index contributed by atoms with van der Waals surface area (Å²) in [4.78, 5) is 26.6. The minimum absolute atomic E-state index is 0.0228. The van der Waals surface area contributed by atoms with E-state index in [1.807, 2.05) is 4.90 Å². The van der Waals surface area contributed by atoms with Crippen LogP contribution in [0.1, 0.15) is 12.6 Å². The molecule has 0 radical (unpaired) electrons. The fraction of sp³-hybridized carbons (Fsp3) is 0.421. The van der Waals surface area contributed by atoms with Gasteiger partial charge in [0.25, 0.3) is 5.17 Å². The van der Waals surface area contributed by atoms with Crippen molar-refractivity contribution in [3.63, 3.8) is 0 Å². The summed E-state index contributed by atoms with van der Waals surface area (Å²) < 4.78 is 21.2. The van der Waals surface area contributed by atoms with Crippen molar-refractivity contribution < 1.29 is 18.7 Å². The molecule has 2 amide bonds. The molecule has 0 spiro atoms. The number of halogens is 1. The van der Waals surface area contributed by atoms with E-state index in [0.29, 0.717) is 49.8 Å². The standard InChI is InChI=1S/C19H24FN7O3S/c1-13(28)21-11-18(29)26-7-5-25(6-8-26)17-4-3-15(9-16(17)20)27-12-14(23-24-27)10-22-19(31)30-2/h3-4,9,12H,5-8,10-11H2,1-2H3,(H,21,28)(H,22,31). The Balaban J connectivity index is 1.59. The molecule has 0 aliphatic carbocycles. The lowest BCUT2D eigenvalue weighted by molar-refractivity contribution is -0.132. The van der Waals surface area contributed by atoms with E-state index < -0.39 is 0 Å². The molecular weight excluding hydrogens is 425 g/mol. The second kappa shape index (κ2) is 10.2. The Labute approximate surface area is 184 Å². The molecule has 2 aromatic rings. The maximum absolute atomic E-state index is 14.8. The number of rotatable bonds is 6. The summed E-state index contributed by atoms with van der Waals surface area (Å²) in [7, 11) is 1.47. The number of carbonyl (C=O) groups excluding carboxylic acids is 2. The second-order valence-corrected chi connectivity index (χ2v) is 7.28. The number of carbonyl (C=O) groups is 2. The Morgan fingerprint density at radius 1 is 1.23 bits per heavy atom. The molecule has 1 saturated heterocycles. The van der Waals surface area contributed by atoms with Gasteiger partial charge in [-0.25, -0.2) is 9.07 Å². The number of thiocarbonyl (C=S) groups is 1. The SMILES string of the molecule is COC(=S)NCc1cn(-c2ccc(N3CCN(C(=O)CNC(C)=O)CC3)c(F)c2)nn1. The summed E-state index contributed by atoms with van der Waals surface area (Å²) in [6, 6.07) is 4.85. The lowest BCUT2D eigenvalue weighted by Gasteiger charge is -2.36. The maximum atomic E-state index is 14.8. The van der Waals surface area contributed by atoms with Crippen LogP contribution in [0.3, 0.4) is 0 Å². The second-order valence-electron chi connectivity index (χ2n) is 6.91. The molecule has 0 atom stereocenters. The Kier molecular flexibility index (Phi) is 7.34. The number of benzene rings is 1. The van der Waals surface area contributed by atoms with E-state index in [-0.39, 0.29) is 29.4 Å². The smallest absolute Gasteiger partial charge is 0.256 e. The molecule has 3 rings (SSSR count). The Morgan fingerprint density at radius 2 is 1.97 bits per heavy atom. The maximum Gasteiger partial charge on any atom is 0.256 e. The van der Waals surface area contributed by atoms with Gasteiger partial charge in [0, 0.05) is 39.2 Å². The van der Waals surface area contributed by atoms with Gasteiger partial charge in [-0.1, -0.05) is 5.21 Å². The minimum atomic E-state index is -0.383. The number of piperazine rings is 1. The summed E-state index contributed by atoms with van der Waals surface area (Å²) in [6.45, 7) is 3.61. The highest BCUT2D eigenvalue weighted by Crippen LogP contribution is 2.23. The van der Waals surface area contributed by atoms with Crippen molar-refractivity contribution in [2.45, 2.75) is 13.5 Å². The predicted octanol–water partition coefficient (Wildman–Crippen LogP) is 0.212. The number of methoxy groups -OCH3 is 1. The number of hydrogen-bond donors (Lipinski definition) is 2. The van der Waals surface area contributed by atoms with Crippen molar-refractivity contribution >= 4 is 34.9 Å². The zero-order chi connectivity index (χ0) is 22.4. The first-order valence-corrected chi connectivity index (χ1v) is 10.1. The van der Waals surface area contributed by atoms with Gasteiger partial charge in [-0.3, -0.25) is 9.59 Å². The summed E-state index contributed by atoms with van der Waals surface area (Å²) in [5.41, 5.74) is 1.63. The fourth-order valence-electron chi connectivity index (χ4n) is 3.14. The van der Waals surface area contributed by atoms with Crippen LogP contribution in [0, 0.1) is 5.82 Å². The van der Waals surface area contributed by atoms with Crippen LogP contribution in [-0.2, 0) is 20.9 Å². The predicted molar refractivity (Wildman–Crippen MR) is 115 cm³/mol. The zero-order valence-corrected chi connectivity index (χ0v) is 18.1. The highest BCUT2D eigenvalue weighted by Gasteiger charge is 2.23. The molecule has 1 fully saturated rings. The molecule has 31 heavy (non-hydrogen) atoms. The van der Waals surface area contributed by atoms with Gasteiger partial charge in [-0.05, 0) is 24.4 Å². The number of nitrogens with zero attached hydrogens (tertiary/aromatic N) is 5. The van der Waals surface area contributed by atoms with Gasteiger partial charge in [0.2, 0.25) is 11.8 Å². The minimum Gasteiger partial charge on any atom is -0.474 e. The third-order valence-electron chi connectivity index (χ3n) is 4.80. The first-order chi connectivity index (χ1) is 14.9. The van der Waals surface area contributed by atoms with Crippen molar-refractivity contribution in [3.05, 3.63) is 35.9 Å². The zero-order valence-electron chi connectivity index (χ0n) is 17.3. The molecule has 2 N–H and O–H groups in total. The van der Waals surface area contributed by atoms with Crippen LogP contribution < -0.4 is 15.5 Å². The highest BCUT2D eigenvalue weighted by atomic mass is 32.1. The number of ether oxygens (including phenoxy) is 1. The number of aromatic nitrogens is 3. The van der Waals surface area contributed by atoms with Gasteiger partial charge >= 0.3 is 0 Å². The van der Waals surface area contributed by atoms with Crippen molar-refractivity contribution in [1.82, 2.24) is 30.5 Å².